The van der Waals surface area contributed by atoms with Crippen LogP contribution in [0.25, 0.3) is 0 Å². The van der Waals surface area contributed by atoms with Crippen molar-refractivity contribution in [1.29, 1.82) is 0 Å². The van der Waals surface area contributed by atoms with Gasteiger partial charge in [-0.25, -0.2) is 0 Å². The van der Waals surface area contributed by atoms with Crippen molar-refractivity contribution in [2.45, 2.75) is 30.0 Å². The Hall–Kier alpha value is -1.74. The number of nitrogens with one attached hydrogen (secondary N) is 1. The molecule has 5 nitrogen and oxygen atoms in total. The van der Waals surface area contributed by atoms with Crippen molar-refractivity contribution >= 4 is 34.7 Å². The molecule has 0 saturated carbocycles. The van der Waals surface area contributed by atoms with Crippen LogP contribution in [0, 0.1) is 6.92 Å². The predicted molar refractivity (Wildman–Crippen MR) is 81.7 cm³/mol. The maximum atomic E-state index is 12.3. The van der Waals surface area contributed by atoms with E-state index in [2.05, 4.69) is 20.3 Å². The number of amides is 1. The van der Waals surface area contributed by atoms with E-state index in [9.17, 15) is 13.6 Å². The summed E-state index contributed by atoms with van der Waals surface area (Å²) in [4.78, 5) is 12.1. The Kier molecular flexibility index (Phi) is 5.67. The molecule has 0 aliphatic rings. The maximum Gasteiger partial charge on any atom is 0.387 e. The SMILES string of the molecule is Cc1nnc(S[C@@H](C)C(=O)Nc2ccccc2OC(F)F)s1. The molecule has 118 valence electrons. The van der Waals surface area contributed by atoms with E-state index in [1.807, 2.05) is 6.92 Å². The number of halogens is 2. The Labute approximate surface area is 134 Å². The van der Waals surface area contributed by atoms with E-state index in [0.717, 1.165) is 5.01 Å². The number of carbonyl (C=O) groups excluding carboxylic acids is 1. The lowest BCUT2D eigenvalue weighted by atomic mass is 10.3. The van der Waals surface area contributed by atoms with Crippen molar-refractivity contribution in [2.24, 2.45) is 0 Å². The van der Waals surface area contributed by atoms with Crippen LogP contribution < -0.4 is 10.1 Å². The minimum absolute atomic E-state index is 0.0743. The predicted octanol–water partition coefficient (Wildman–Crippen LogP) is 3.57. The molecular formula is C13H13F2N3O2S2. The summed E-state index contributed by atoms with van der Waals surface area (Å²) in [7, 11) is 0. The lowest BCUT2D eigenvalue weighted by Gasteiger charge is -2.14. The first-order chi connectivity index (χ1) is 10.5. The monoisotopic (exact) mass is 345 g/mol. The Balaban J connectivity index is 2.02. The van der Waals surface area contributed by atoms with Crippen LogP contribution in [0.4, 0.5) is 14.5 Å². The van der Waals surface area contributed by atoms with Crippen LogP contribution in [0.3, 0.4) is 0 Å². The van der Waals surface area contributed by atoms with Crippen molar-refractivity contribution in [2.75, 3.05) is 5.32 Å². The van der Waals surface area contributed by atoms with E-state index >= 15 is 0 Å². The number of para-hydroxylation sites is 2. The number of ether oxygens (including phenoxy) is 1. The number of aryl methyl sites for hydroxylation is 1. The second-order valence-electron chi connectivity index (χ2n) is 4.21. The number of hydrogen-bond acceptors (Lipinski definition) is 6. The number of aromatic nitrogens is 2. The third kappa shape index (κ3) is 4.63. The molecule has 1 atom stereocenters. The molecule has 0 spiro atoms. The highest BCUT2D eigenvalue weighted by Crippen LogP contribution is 2.29. The number of carbonyl (C=O) groups is 1. The van der Waals surface area contributed by atoms with E-state index < -0.39 is 11.9 Å². The highest BCUT2D eigenvalue weighted by molar-refractivity contribution is 8.02. The van der Waals surface area contributed by atoms with Crippen LogP contribution >= 0.6 is 23.1 Å². The molecule has 0 unspecified atom stereocenters. The minimum atomic E-state index is -2.95. The molecule has 2 rings (SSSR count). The van der Waals surface area contributed by atoms with E-state index in [4.69, 9.17) is 0 Å². The zero-order valence-electron chi connectivity index (χ0n) is 11.7. The molecule has 2 aromatic rings. The zero-order valence-corrected chi connectivity index (χ0v) is 13.4. The first-order valence-corrected chi connectivity index (χ1v) is 7.97. The highest BCUT2D eigenvalue weighted by Gasteiger charge is 2.19. The van der Waals surface area contributed by atoms with Crippen LogP contribution in [0.2, 0.25) is 0 Å². The Bertz CT molecular complexity index is 652. The van der Waals surface area contributed by atoms with Crippen LogP contribution in [0.1, 0.15) is 11.9 Å². The summed E-state index contributed by atoms with van der Waals surface area (Å²) in [6.45, 7) is 0.576. The molecule has 1 aromatic heterocycles. The molecule has 0 aliphatic carbocycles. The van der Waals surface area contributed by atoms with Gasteiger partial charge in [-0.2, -0.15) is 8.78 Å². The molecular weight excluding hydrogens is 332 g/mol. The Morgan fingerprint density at radius 2 is 2.09 bits per heavy atom. The molecule has 0 fully saturated rings. The summed E-state index contributed by atoms with van der Waals surface area (Å²) in [5.41, 5.74) is 0.202. The number of hydrogen-bond donors (Lipinski definition) is 1. The Morgan fingerprint density at radius 1 is 1.36 bits per heavy atom. The lowest BCUT2D eigenvalue weighted by Crippen LogP contribution is -2.23. The number of thioether (sulfide) groups is 1. The normalized spacial score (nSPS) is 12.2. The molecule has 9 heteroatoms. The van der Waals surface area contributed by atoms with Gasteiger partial charge in [0, 0.05) is 0 Å². The minimum Gasteiger partial charge on any atom is -0.433 e. The summed E-state index contributed by atoms with van der Waals surface area (Å²) in [6.07, 6.45) is 0. The summed E-state index contributed by atoms with van der Waals surface area (Å²) >= 11 is 2.64. The van der Waals surface area contributed by atoms with Crippen LogP contribution in [-0.2, 0) is 4.79 Å². The van der Waals surface area contributed by atoms with Crippen LogP contribution in [0.15, 0.2) is 28.6 Å². The molecule has 1 amide bonds. The molecule has 0 saturated heterocycles. The molecule has 0 aliphatic heterocycles. The summed E-state index contributed by atoms with van der Waals surface area (Å²) in [5, 5.41) is 10.7. The summed E-state index contributed by atoms with van der Waals surface area (Å²) in [5.74, 6) is -0.405. The van der Waals surface area contributed by atoms with Gasteiger partial charge in [0.1, 0.15) is 10.8 Å². The average Bonchev–Trinajstić information content (AvgIpc) is 2.85. The zero-order chi connectivity index (χ0) is 16.1. The Morgan fingerprint density at radius 3 is 2.73 bits per heavy atom. The fourth-order valence-electron chi connectivity index (χ4n) is 1.53. The third-order valence-corrected chi connectivity index (χ3v) is 4.54. The fraction of sp³-hybridized carbons (Fsp3) is 0.308. The summed E-state index contributed by atoms with van der Waals surface area (Å²) < 4.78 is 29.7. The third-order valence-electron chi connectivity index (χ3n) is 2.52. The van der Waals surface area contributed by atoms with Crippen molar-refractivity contribution in [3.05, 3.63) is 29.3 Å². The fourth-order valence-corrected chi connectivity index (χ4v) is 3.49. The van der Waals surface area contributed by atoms with E-state index in [1.165, 1.54) is 35.2 Å². The molecule has 0 radical (unpaired) electrons. The summed E-state index contributed by atoms with van der Waals surface area (Å²) in [6, 6.07) is 6.05. The second kappa shape index (κ2) is 7.50. The first kappa shape index (κ1) is 16.6. The van der Waals surface area contributed by atoms with Gasteiger partial charge in [-0.05, 0) is 26.0 Å². The van der Waals surface area contributed by atoms with Crippen LogP contribution in [-0.4, -0.2) is 28.0 Å². The number of alkyl halides is 2. The van der Waals surface area contributed by atoms with Crippen molar-refractivity contribution < 1.29 is 18.3 Å². The van der Waals surface area contributed by atoms with Crippen LogP contribution in [0.5, 0.6) is 5.75 Å². The largest absolute Gasteiger partial charge is 0.433 e. The van der Waals surface area contributed by atoms with Gasteiger partial charge < -0.3 is 10.1 Å². The molecule has 1 N–H and O–H groups in total. The number of anilines is 1. The number of nitrogens with zero attached hydrogens (tertiary/aromatic N) is 2. The van der Waals surface area contributed by atoms with Gasteiger partial charge in [0.2, 0.25) is 5.91 Å². The van der Waals surface area contributed by atoms with Gasteiger partial charge >= 0.3 is 6.61 Å². The van der Waals surface area contributed by atoms with Gasteiger partial charge in [0.25, 0.3) is 0 Å². The first-order valence-electron chi connectivity index (χ1n) is 6.27. The van der Waals surface area contributed by atoms with Gasteiger partial charge in [0.05, 0.1) is 10.9 Å². The van der Waals surface area contributed by atoms with E-state index in [1.54, 1.807) is 19.1 Å². The van der Waals surface area contributed by atoms with E-state index in [0.29, 0.717) is 4.34 Å². The highest BCUT2D eigenvalue weighted by atomic mass is 32.2. The molecule has 1 heterocycles. The van der Waals surface area contributed by atoms with Gasteiger partial charge in [-0.1, -0.05) is 35.2 Å². The van der Waals surface area contributed by atoms with Crippen molar-refractivity contribution in [3.8, 4) is 5.75 Å². The van der Waals surface area contributed by atoms with E-state index in [-0.39, 0.29) is 17.3 Å². The standard InChI is InChI=1S/C13H13F2N3O2S2/c1-7(21-13-18-17-8(2)22-13)11(19)16-9-5-3-4-6-10(9)20-12(14)15/h3-7,12H,1-2H3,(H,16,19)/t7-/m0/s1. The molecule has 22 heavy (non-hydrogen) atoms. The number of rotatable bonds is 6. The van der Waals surface area contributed by atoms with Crippen molar-refractivity contribution in [1.82, 2.24) is 10.2 Å². The second-order valence-corrected chi connectivity index (χ2v) is 6.98. The lowest BCUT2D eigenvalue weighted by molar-refractivity contribution is -0.115. The maximum absolute atomic E-state index is 12.3. The molecule has 0 bridgehead atoms. The van der Waals surface area contributed by atoms with Gasteiger partial charge in [-0.15, -0.1) is 10.2 Å². The topological polar surface area (TPSA) is 64.1 Å². The van der Waals surface area contributed by atoms with Crippen molar-refractivity contribution in [3.63, 3.8) is 0 Å². The van der Waals surface area contributed by atoms with Gasteiger partial charge in [0.15, 0.2) is 4.34 Å². The quantitative estimate of drug-likeness (QED) is 0.811. The smallest absolute Gasteiger partial charge is 0.387 e. The average molecular weight is 345 g/mol. The van der Waals surface area contributed by atoms with Gasteiger partial charge in [-0.3, -0.25) is 4.79 Å². The molecule has 1 aromatic carbocycles. The number of benzene rings is 1.